The first-order valence-corrected chi connectivity index (χ1v) is 8.81. The summed E-state index contributed by atoms with van der Waals surface area (Å²) in [5, 5.41) is 11.4. The summed E-state index contributed by atoms with van der Waals surface area (Å²) in [5.41, 5.74) is 0. The lowest BCUT2D eigenvalue weighted by Crippen LogP contribution is -2.51. The number of likely N-dealkylation sites (N-methyl/N-ethyl adjacent to an activating group) is 1. The molecule has 1 saturated heterocycles. The van der Waals surface area contributed by atoms with Gasteiger partial charge in [-0.25, -0.2) is 0 Å². The third-order valence-electron chi connectivity index (χ3n) is 4.08. The van der Waals surface area contributed by atoms with Crippen LogP contribution in [0.15, 0.2) is 17.0 Å². The summed E-state index contributed by atoms with van der Waals surface area (Å²) >= 11 is 20.1. The number of hydrogen-bond acceptors (Lipinski definition) is 2. The molecule has 1 N–H and O–H groups in total. The first-order chi connectivity index (χ1) is 9.52. The largest absolute Gasteiger partial charge is 0.391 e. The van der Waals surface area contributed by atoms with E-state index in [1.165, 1.54) is 6.42 Å². The van der Waals surface area contributed by atoms with Crippen LogP contribution in [-0.2, 0) is 0 Å². The number of thioether (sulfide) groups is 1. The van der Waals surface area contributed by atoms with E-state index < -0.39 is 0 Å². The second kappa shape index (κ2) is 7.08. The minimum atomic E-state index is 0.222. The van der Waals surface area contributed by atoms with Crippen molar-refractivity contribution in [2.24, 2.45) is 0 Å². The Balaban J connectivity index is 2.22. The molecule has 0 aromatic heterocycles. The molecule has 1 aliphatic rings. The molecule has 6 heteroatoms. The van der Waals surface area contributed by atoms with Gasteiger partial charge in [0.25, 0.3) is 0 Å². The molecule has 1 fully saturated rings. The van der Waals surface area contributed by atoms with E-state index in [1.54, 1.807) is 17.8 Å². The van der Waals surface area contributed by atoms with Crippen molar-refractivity contribution in [2.45, 2.75) is 30.0 Å². The molecule has 2 unspecified atom stereocenters. The van der Waals surface area contributed by atoms with Gasteiger partial charge in [-0.05, 0) is 19.1 Å². The fourth-order valence-electron chi connectivity index (χ4n) is 2.89. The van der Waals surface area contributed by atoms with Gasteiger partial charge in [-0.3, -0.25) is 0 Å². The second-order valence-corrected chi connectivity index (χ2v) is 7.56. The van der Waals surface area contributed by atoms with E-state index in [2.05, 4.69) is 6.92 Å². The summed E-state index contributed by atoms with van der Waals surface area (Å²) in [6.45, 7) is 5.35. The van der Waals surface area contributed by atoms with Crippen LogP contribution in [0.5, 0.6) is 0 Å². The Kier molecular flexibility index (Phi) is 5.92. The van der Waals surface area contributed by atoms with Crippen LogP contribution in [0.1, 0.15) is 19.8 Å². The zero-order valence-electron chi connectivity index (χ0n) is 11.4. The molecule has 0 saturated carbocycles. The standard InChI is InChI=1S/C14H19Cl3NOS/c1-2-18(6-7-19)5-3-4-14(18)20-13-9-11(16)10(15)8-12(13)17/h8-9,14,19H,2-7H2,1H3/q+1. The first-order valence-electron chi connectivity index (χ1n) is 6.80. The Morgan fingerprint density at radius 1 is 1.25 bits per heavy atom. The van der Waals surface area contributed by atoms with Crippen molar-refractivity contribution < 1.29 is 9.59 Å². The molecule has 2 rings (SSSR count). The number of nitrogens with zero attached hydrogens (tertiary/aromatic N) is 1. The Bertz CT molecular complexity index is 486. The van der Waals surface area contributed by atoms with Gasteiger partial charge >= 0.3 is 0 Å². The normalized spacial score (nSPS) is 26.1. The van der Waals surface area contributed by atoms with Crippen molar-refractivity contribution in [3.05, 3.63) is 27.2 Å². The Hall–Kier alpha value is 0.360. The molecular formula is C14H19Cl3NOS+. The van der Waals surface area contributed by atoms with Crippen LogP contribution in [0.3, 0.4) is 0 Å². The summed E-state index contributed by atoms with van der Waals surface area (Å²) in [6, 6.07) is 3.55. The molecule has 1 heterocycles. The topological polar surface area (TPSA) is 20.2 Å². The van der Waals surface area contributed by atoms with Crippen LogP contribution in [0.2, 0.25) is 15.1 Å². The number of aliphatic hydroxyl groups excluding tert-OH is 1. The fourth-order valence-corrected chi connectivity index (χ4v) is 5.15. The minimum absolute atomic E-state index is 0.222. The average molecular weight is 356 g/mol. The molecule has 20 heavy (non-hydrogen) atoms. The summed E-state index contributed by atoms with van der Waals surface area (Å²) in [5.74, 6) is 0. The zero-order chi connectivity index (χ0) is 14.8. The summed E-state index contributed by atoms with van der Waals surface area (Å²) in [7, 11) is 0. The van der Waals surface area contributed by atoms with Crippen molar-refractivity contribution in [2.75, 3.05) is 26.2 Å². The zero-order valence-corrected chi connectivity index (χ0v) is 14.5. The number of benzene rings is 1. The third-order valence-corrected chi connectivity index (χ3v) is 6.77. The predicted octanol–water partition coefficient (Wildman–Crippen LogP) is 4.69. The van der Waals surface area contributed by atoms with Crippen molar-refractivity contribution in [1.82, 2.24) is 0 Å². The molecule has 2 nitrogen and oxygen atoms in total. The van der Waals surface area contributed by atoms with E-state index in [4.69, 9.17) is 34.8 Å². The van der Waals surface area contributed by atoms with Crippen LogP contribution in [0.25, 0.3) is 0 Å². The van der Waals surface area contributed by atoms with Crippen LogP contribution in [0, 0.1) is 0 Å². The number of halogens is 3. The number of hydrogen-bond donors (Lipinski definition) is 1. The molecule has 1 aromatic carbocycles. The summed E-state index contributed by atoms with van der Waals surface area (Å²) in [6.07, 6.45) is 2.32. The van der Waals surface area contributed by atoms with Gasteiger partial charge in [-0.1, -0.05) is 46.6 Å². The summed E-state index contributed by atoms with van der Waals surface area (Å²) in [4.78, 5) is 0.974. The molecule has 1 aliphatic heterocycles. The SMILES string of the molecule is CC[N+]1(CCO)CCCC1Sc1cc(Cl)c(Cl)cc1Cl. The highest BCUT2D eigenvalue weighted by molar-refractivity contribution is 7.99. The molecule has 0 spiro atoms. The molecule has 0 radical (unpaired) electrons. The van der Waals surface area contributed by atoms with Crippen LogP contribution in [-0.4, -0.2) is 41.2 Å². The van der Waals surface area contributed by atoms with Gasteiger partial charge in [0.15, 0.2) is 0 Å². The third kappa shape index (κ3) is 3.40. The maximum absolute atomic E-state index is 9.35. The van der Waals surface area contributed by atoms with Gasteiger partial charge in [0, 0.05) is 17.7 Å². The van der Waals surface area contributed by atoms with E-state index in [0.717, 1.165) is 35.4 Å². The number of quaternary nitrogens is 1. The van der Waals surface area contributed by atoms with E-state index in [0.29, 0.717) is 20.4 Å². The fraction of sp³-hybridized carbons (Fsp3) is 0.571. The first kappa shape index (κ1) is 16.7. The molecular weight excluding hydrogens is 337 g/mol. The number of aliphatic hydroxyl groups is 1. The van der Waals surface area contributed by atoms with Crippen molar-refractivity contribution in [1.29, 1.82) is 0 Å². The highest BCUT2D eigenvalue weighted by Crippen LogP contribution is 2.43. The van der Waals surface area contributed by atoms with E-state index in [1.807, 2.05) is 6.07 Å². The van der Waals surface area contributed by atoms with Gasteiger partial charge < -0.3 is 9.59 Å². The van der Waals surface area contributed by atoms with Gasteiger partial charge in [0.2, 0.25) is 0 Å². The second-order valence-electron chi connectivity index (χ2n) is 5.12. The van der Waals surface area contributed by atoms with Crippen LogP contribution in [0.4, 0.5) is 0 Å². The van der Waals surface area contributed by atoms with Gasteiger partial charge in [0.05, 0.1) is 34.8 Å². The molecule has 0 aliphatic carbocycles. The molecule has 1 aromatic rings. The predicted molar refractivity (Wildman–Crippen MR) is 88.0 cm³/mol. The average Bonchev–Trinajstić information content (AvgIpc) is 2.80. The Morgan fingerprint density at radius 3 is 2.60 bits per heavy atom. The van der Waals surface area contributed by atoms with Crippen molar-refractivity contribution in [3.8, 4) is 0 Å². The lowest BCUT2D eigenvalue weighted by Gasteiger charge is -2.38. The lowest BCUT2D eigenvalue weighted by atomic mass is 10.3. The lowest BCUT2D eigenvalue weighted by molar-refractivity contribution is -0.924. The van der Waals surface area contributed by atoms with Crippen LogP contribution >= 0.6 is 46.6 Å². The van der Waals surface area contributed by atoms with Crippen molar-refractivity contribution in [3.63, 3.8) is 0 Å². The summed E-state index contributed by atoms with van der Waals surface area (Å²) < 4.78 is 0.942. The number of likely N-dealkylation sites (tertiary alicyclic amines) is 1. The molecule has 0 bridgehead atoms. The maximum atomic E-state index is 9.35. The highest BCUT2D eigenvalue weighted by Gasteiger charge is 2.40. The molecule has 0 amide bonds. The highest BCUT2D eigenvalue weighted by atomic mass is 35.5. The van der Waals surface area contributed by atoms with E-state index >= 15 is 0 Å². The van der Waals surface area contributed by atoms with Gasteiger partial charge in [0.1, 0.15) is 11.9 Å². The van der Waals surface area contributed by atoms with Crippen molar-refractivity contribution >= 4 is 46.6 Å². The Labute approximate surface area is 139 Å². The smallest absolute Gasteiger partial charge is 0.140 e. The molecule has 2 atom stereocenters. The quantitative estimate of drug-likeness (QED) is 0.611. The number of rotatable bonds is 5. The van der Waals surface area contributed by atoms with Gasteiger partial charge in [-0.2, -0.15) is 0 Å². The van der Waals surface area contributed by atoms with Gasteiger partial charge in [-0.15, -0.1) is 0 Å². The van der Waals surface area contributed by atoms with Crippen LogP contribution < -0.4 is 0 Å². The maximum Gasteiger partial charge on any atom is 0.140 e. The molecule has 112 valence electrons. The minimum Gasteiger partial charge on any atom is -0.391 e. The van der Waals surface area contributed by atoms with E-state index in [9.17, 15) is 5.11 Å². The van der Waals surface area contributed by atoms with E-state index in [-0.39, 0.29) is 6.61 Å². The monoisotopic (exact) mass is 354 g/mol. The Morgan fingerprint density at radius 2 is 1.95 bits per heavy atom.